The minimum atomic E-state index is -4.57. The second-order valence-corrected chi connectivity index (χ2v) is 7.07. The lowest BCUT2D eigenvalue weighted by molar-refractivity contribution is -0.138. The lowest BCUT2D eigenvalue weighted by Gasteiger charge is -2.18. The van der Waals surface area contributed by atoms with Crippen LogP contribution in [0.1, 0.15) is 11.1 Å². The molecular formula is C18H18Cl2F6N4O. The van der Waals surface area contributed by atoms with Crippen LogP contribution in [0.4, 0.5) is 43.5 Å². The molecule has 0 aliphatic carbocycles. The summed E-state index contributed by atoms with van der Waals surface area (Å²) in [6.07, 6.45) is -9.44. The minimum Gasteiger partial charge on any atom is -0.390 e. The summed E-state index contributed by atoms with van der Waals surface area (Å²) in [4.78, 5) is 3.64. The monoisotopic (exact) mass is 490 g/mol. The van der Waals surface area contributed by atoms with E-state index in [1.165, 1.54) is 6.07 Å². The van der Waals surface area contributed by atoms with Crippen molar-refractivity contribution in [1.82, 2.24) is 4.98 Å². The summed E-state index contributed by atoms with van der Waals surface area (Å²) in [6, 6.07) is 3.75. The fourth-order valence-electron chi connectivity index (χ4n) is 2.40. The van der Waals surface area contributed by atoms with E-state index in [-0.39, 0.29) is 42.0 Å². The van der Waals surface area contributed by atoms with Crippen LogP contribution in [-0.2, 0) is 12.4 Å². The van der Waals surface area contributed by atoms with Crippen molar-refractivity contribution in [3.63, 3.8) is 0 Å². The van der Waals surface area contributed by atoms with Crippen molar-refractivity contribution < 1.29 is 31.4 Å². The zero-order valence-electron chi connectivity index (χ0n) is 15.7. The van der Waals surface area contributed by atoms with Gasteiger partial charge >= 0.3 is 12.4 Å². The molecule has 5 nitrogen and oxygen atoms in total. The average Bonchev–Trinajstić information content (AvgIpc) is 2.69. The zero-order chi connectivity index (χ0) is 23.2. The summed E-state index contributed by atoms with van der Waals surface area (Å²) >= 11 is 11.3. The van der Waals surface area contributed by atoms with Crippen LogP contribution in [0.5, 0.6) is 0 Å². The maximum atomic E-state index is 13.0. The molecule has 1 heterocycles. The minimum absolute atomic E-state index is 0.0347. The molecule has 0 bridgehead atoms. The molecule has 1 unspecified atom stereocenters. The average molecular weight is 491 g/mol. The van der Waals surface area contributed by atoms with E-state index in [4.69, 9.17) is 23.2 Å². The molecular weight excluding hydrogens is 473 g/mol. The Morgan fingerprint density at radius 3 is 2.13 bits per heavy atom. The van der Waals surface area contributed by atoms with Gasteiger partial charge in [0.15, 0.2) is 0 Å². The van der Waals surface area contributed by atoms with Crippen LogP contribution in [0.3, 0.4) is 0 Å². The quantitative estimate of drug-likeness (QED) is 0.218. The Labute approximate surface area is 183 Å². The summed E-state index contributed by atoms with van der Waals surface area (Å²) in [7, 11) is 0. The topological polar surface area (TPSA) is 69.2 Å². The van der Waals surface area contributed by atoms with Gasteiger partial charge in [-0.25, -0.2) is 4.98 Å². The molecule has 4 N–H and O–H groups in total. The van der Waals surface area contributed by atoms with Gasteiger partial charge in [0, 0.05) is 25.8 Å². The number of rotatable bonds is 9. The lowest BCUT2D eigenvalue weighted by Crippen LogP contribution is -2.22. The Hall–Kier alpha value is -2.11. The molecule has 1 aromatic carbocycles. The van der Waals surface area contributed by atoms with Crippen LogP contribution in [0.15, 0.2) is 30.5 Å². The van der Waals surface area contributed by atoms with Crippen LogP contribution in [-0.4, -0.2) is 41.7 Å². The molecule has 0 amide bonds. The highest BCUT2D eigenvalue weighted by Gasteiger charge is 2.32. The molecule has 13 heteroatoms. The second kappa shape index (κ2) is 10.5. The van der Waals surface area contributed by atoms with Gasteiger partial charge in [-0.1, -0.05) is 11.6 Å². The van der Waals surface area contributed by atoms with E-state index in [1.807, 2.05) is 0 Å². The third-order valence-electron chi connectivity index (χ3n) is 3.95. The zero-order valence-corrected chi connectivity index (χ0v) is 17.2. The molecule has 0 spiro atoms. The molecule has 0 saturated heterocycles. The van der Waals surface area contributed by atoms with Crippen LogP contribution in [0, 0.1) is 0 Å². The molecule has 0 saturated carbocycles. The summed E-state index contributed by atoms with van der Waals surface area (Å²) in [5.41, 5.74) is -1.44. The van der Waals surface area contributed by atoms with Crippen molar-refractivity contribution in [1.29, 1.82) is 0 Å². The summed E-state index contributed by atoms with van der Waals surface area (Å²) in [5.74, 6) is -0.0630. The van der Waals surface area contributed by atoms with E-state index >= 15 is 0 Å². The van der Waals surface area contributed by atoms with Crippen molar-refractivity contribution in [2.75, 3.05) is 41.5 Å². The first-order valence-electron chi connectivity index (χ1n) is 8.81. The van der Waals surface area contributed by atoms with Gasteiger partial charge in [-0.3, -0.25) is 0 Å². The van der Waals surface area contributed by atoms with Crippen LogP contribution in [0.2, 0.25) is 5.02 Å². The number of hydrogen-bond donors (Lipinski definition) is 4. The fraction of sp³-hybridized carbons (Fsp3) is 0.389. The fourth-order valence-corrected chi connectivity index (χ4v) is 2.75. The van der Waals surface area contributed by atoms with Crippen molar-refractivity contribution >= 4 is 40.4 Å². The van der Waals surface area contributed by atoms with Gasteiger partial charge in [-0.15, -0.1) is 11.6 Å². The van der Waals surface area contributed by atoms with Gasteiger partial charge in [0.2, 0.25) is 0 Å². The standard InChI is InChI=1S/C18H18Cl2F6N4O/c19-7-12(31)9-29-15-6-10(17(21,22)23)1-2-14(15)27-3-4-28-16-13(20)5-11(8-30-16)18(24,25)26/h1-2,5-6,8,12,27,29,31H,3-4,7,9H2,(H,28,30). The summed E-state index contributed by atoms with van der Waals surface area (Å²) in [6.45, 7) is 0.267. The first-order valence-corrected chi connectivity index (χ1v) is 9.72. The van der Waals surface area contributed by atoms with Crippen molar-refractivity contribution in [2.45, 2.75) is 18.5 Å². The van der Waals surface area contributed by atoms with Gasteiger partial charge in [-0.2, -0.15) is 26.3 Å². The van der Waals surface area contributed by atoms with Gasteiger partial charge < -0.3 is 21.1 Å². The molecule has 1 atom stereocenters. The number of aliphatic hydroxyl groups excluding tert-OH is 1. The number of anilines is 3. The number of halogens is 8. The van der Waals surface area contributed by atoms with Crippen LogP contribution < -0.4 is 16.0 Å². The van der Waals surface area contributed by atoms with Crippen molar-refractivity contribution in [2.24, 2.45) is 0 Å². The Balaban J connectivity index is 2.02. The predicted molar refractivity (Wildman–Crippen MR) is 108 cm³/mol. The largest absolute Gasteiger partial charge is 0.417 e. The Morgan fingerprint density at radius 2 is 1.55 bits per heavy atom. The summed E-state index contributed by atoms with van der Waals surface area (Å²) < 4.78 is 76.9. The molecule has 2 rings (SSSR count). The number of hydrogen-bond acceptors (Lipinski definition) is 5. The summed E-state index contributed by atoms with van der Waals surface area (Å²) in [5, 5.41) is 17.7. The molecule has 0 radical (unpaired) electrons. The van der Waals surface area contributed by atoms with E-state index in [9.17, 15) is 31.4 Å². The van der Waals surface area contributed by atoms with Crippen LogP contribution >= 0.6 is 23.2 Å². The Kier molecular flexibility index (Phi) is 8.49. The van der Waals surface area contributed by atoms with E-state index in [2.05, 4.69) is 20.9 Å². The normalized spacial score (nSPS) is 13.1. The number of pyridine rings is 1. The van der Waals surface area contributed by atoms with E-state index in [1.54, 1.807) is 0 Å². The molecule has 0 fully saturated rings. The first kappa shape index (κ1) is 25.2. The predicted octanol–water partition coefficient (Wildman–Crippen LogP) is 5.31. The lowest BCUT2D eigenvalue weighted by atomic mass is 10.1. The number of benzene rings is 1. The number of aromatic nitrogens is 1. The first-order chi connectivity index (χ1) is 14.4. The number of alkyl halides is 7. The van der Waals surface area contributed by atoms with Crippen molar-refractivity contribution in [3.8, 4) is 0 Å². The molecule has 2 aromatic rings. The van der Waals surface area contributed by atoms with E-state index in [0.717, 1.165) is 18.2 Å². The highest BCUT2D eigenvalue weighted by Crippen LogP contribution is 2.34. The smallest absolute Gasteiger partial charge is 0.390 e. The van der Waals surface area contributed by atoms with Crippen LogP contribution in [0.25, 0.3) is 0 Å². The Morgan fingerprint density at radius 1 is 0.903 bits per heavy atom. The van der Waals surface area contributed by atoms with E-state index < -0.39 is 29.6 Å². The molecule has 1 aromatic heterocycles. The SMILES string of the molecule is OC(CCl)CNc1cc(C(F)(F)F)ccc1NCCNc1ncc(C(F)(F)F)cc1Cl. The van der Waals surface area contributed by atoms with Crippen molar-refractivity contribution in [3.05, 3.63) is 46.6 Å². The third kappa shape index (κ3) is 7.51. The molecule has 31 heavy (non-hydrogen) atoms. The van der Waals surface area contributed by atoms with Gasteiger partial charge in [0.1, 0.15) is 5.82 Å². The molecule has 0 aliphatic rings. The highest BCUT2D eigenvalue weighted by molar-refractivity contribution is 6.32. The van der Waals surface area contributed by atoms with Gasteiger partial charge in [-0.05, 0) is 24.3 Å². The molecule has 172 valence electrons. The van der Waals surface area contributed by atoms with E-state index in [0.29, 0.717) is 11.9 Å². The Bertz CT molecular complexity index is 879. The maximum absolute atomic E-state index is 13.0. The number of nitrogens with one attached hydrogen (secondary N) is 3. The number of aliphatic hydroxyl groups is 1. The van der Waals surface area contributed by atoms with Gasteiger partial charge in [0.25, 0.3) is 0 Å². The maximum Gasteiger partial charge on any atom is 0.417 e. The van der Waals surface area contributed by atoms with Gasteiger partial charge in [0.05, 0.1) is 39.5 Å². The third-order valence-corrected chi connectivity index (χ3v) is 4.60. The highest BCUT2D eigenvalue weighted by atomic mass is 35.5. The second-order valence-electron chi connectivity index (χ2n) is 6.35. The number of nitrogens with zero attached hydrogens (tertiary/aromatic N) is 1. The molecule has 0 aliphatic heterocycles.